The fraction of sp³-hybridized carbons (Fsp3) is 0.0412. The fourth-order valence-electron chi connectivity index (χ4n) is 18.0. The summed E-state index contributed by atoms with van der Waals surface area (Å²) in [5.74, 6) is 2.13. The normalized spacial score (nSPS) is 13.4. The predicted molar refractivity (Wildman–Crippen MR) is 435 cm³/mol. The average molecular weight is 1340 g/mol. The van der Waals surface area contributed by atoms with Crippen molar-refractivity contribution in [2.45, 2.75) is 25.2 Å². The van der Waals surface area contributed by atoms with Gasteiger partial charge in [-0.1, -0.05) is 244 Å². The minimum absolute atomic E-state index is 0.195. The number of hydrogen-bond donors (Lipinski definition) is 0. The third-order valence-corrected chi connectivity index (χ3v) is 22.6. The van der Waals surface area contributed by atoms with Crippen molar-refractivity contribution in [3.63, 3.8) is 0 Å². The predicted octanol–water partition coefficient (Wildman–Crippen LogP) is 24.5. The fourth-order valence-corrected chi connectivity index (χ4v) is 18.0. The molecule has 492 valence electrons. The van der Waals surface area contributed by atoms with E-state index in [9.17, 15) is 0 Å². The number of hydrogen-bond acceptors (Lipinski definition) is 3. The highest BCUT2D eigenvalue weighted by Gasteiger charge is 2.34. The lowest BCUT2D eigenvalue weighted by molar-refractivity contribution is 0.570. The Morgan fingerprint density at radius 3 is 1.18 bits per heavy atom. The van der Waals surface area contributed by atoms with Gasteiger partial charge in [-0.25, -0.2) is 15.0 Å². The molecule has 22 rings (SSSR count). The number of aromatic nitrogens is 8. The van der Waals surface area contributed by atoms with Gasteiger partial charge in [0.2, 0.25) is 0 Å². The van der Waals surface area contributed by atoms with Crippen LogP contribution in [0.2, 0.25) is 0 Å². The first-order valence-electron chi connectivity index (χ1n) is 36.3. The molecular formula is C97H64N8. The lowest BCUT2D eigenvalue weighted by Crippen LogP contribution is -2.18. The smallest absolute Gasteiger partial charge is 0.164 e. The van der Waals surface area contributed by atoms with Crippen LogP contribution in [0.15, 0.2) is 346 Å². The Hall–Kier alpha value is -13.7. The minimum atomic E-state index is 0.195. The number of rotatable bonds is 10. The molecule has 0 bridgehead atoms. The van der Waals surface area contributed by atoms with Crippen LogP contribution in [-0.2, 0) is 6.42 Å². The van der Waals surface area contributed by atoms with Gasteiger partial charge in [-0.3, -0.25) is 0 Å². The molecule has 0 aliphatic heterocycles. The van der Waals surface area contributed by atoms with Gasteiger partial charge < -0.3 is 22.8 Å². The van der Waals surface area contributed by atoms with Crippen LogP contribution in [0.1, 0.15) is 35.4 Å². The molecule has 8 nitrogen and oxygen atoms in total. The van der Waals surface area contributed by atoms with Crippen LogP contribution in [-0.4, -0.2) is 37.8 Å². The molecule has 15 aromatic carbocycles. The Balaban J connectivity index is 0.763. The summed E-state index contributed by atoms with van der Waals surface area (Å²) in [6, 6.07) is 126. The van der Waals surface area contributed by atoms with Crippen LogP contribution in [0.25, 0.3) is 183 Å². The lowest BCUT2D eigenvalue weighted by atomic mass is 9.71. The zero-order valence-corrected chi connectivity index (χ0v) is 57.3. The second-order valence-electron chi connectivity index (χ2n) is 28.2. The van der Waals surface area contributed by atoms with Crippen molar-refractivity contribution in [1.82, 2.24) is 37.8 Å². The average Bonchev–Trinajstić information content (AvgIpc) is 1.66. The van der Waals surface area contributed by atoms with Crippen molar-refractivity contribution in [2.24, 2.45) is 0 Å². The van der Waals surface area contributed by atoms with E-state index in [-0.39, 0.29) is 11.8 Å². The third kappa shape index (κ3) is 8.96. The minimum Gasteiger partial charge on any atom is -0.309 e. The van der Waals surface area contributed by atoms with E-state index < -0.39 is 0 Å². The molecule has 21 aromatic rings. The summed E-state index contributed by atoms with van der Waals surface area (Å²) in [7, 11) is 0. The summed E-state index contributed by atoms with van der Waals surface area (Å²) in [5, 5.41) is 11.9. The Morgan fingerprint density at radius 1 is 0.267 bits per heavy atom. The molecule has 8 heteroatoms. The van der Waals surface area contributed by atoms with E-state index in [0.29, 0.717) is 17.5 Å². The summed E-state index contributed by atoms with van der Waals surface area (Å²) < 4.78 is 12.2. The highest BCUT2D eigenvalue weighted by Crippen LogP contribution is 2.52. The summed E-state index contributed by atoms with van der Waals surface area (Å²) >= 11 is 0. The van der Waals surface area contributed by atoms with Crippen LogP contribution in [0.4, 0.5) is 0 Å². The van der Waals surface area contributed by atoms with E-state index in [1.165, 1.54) is 92.7 Å². The van der Waals surface area contributed by atoms with E-state index in [1.807, 2.05) is 0 Å². The van der Waals surface area contributed by atoms with Gasteiger partial charge in [0, 0.05) is 99.0 Å². The van der Waals surface area contributed by atoms with Gasteiger partial charge >= 0.3 is 0 Å². The van der Waals surface area contributed by atoms with Crippen LogP contribution >= 0.6 is 0 Å². The zero-order chi connectivity index (χ0) is 69.0. The molecule has 0 saturated heterocycles. The first-order chi connectivity index (χ1) is 52.0. The summed E-state index contributed by atoms with van der Waals surface area (Å²) in [6.45, 7) is 2.42. The van der Waals surface area contributed by atoms with Gasteiger partial charge in [0.05, 0.1) is 55.2 Å². The van der Waals surface area contributed by atoms with Crippen LogP contribution in [0.3, 0.4) is 0 Å². The molecule has 0 spiro atoms. The molecule has 1 aliphatic carbocycles. The van der Waals surface area contributed by atoms with E-state index in [1.54, 1.807) is 0 Å². The molecule has 2 atom stereocenters. The molecule has 1 aliphatic rings. The van der Waals surface area contributed by atoms with Gasteiger partial charge in [0.15, 0.2) is 17.5 Å². The number of para-hydroxylation sites is 7. The maximum atomic E-state index is 5.67. The number of fused-ring (bicyclic) bond motifs is 20. The highest BCUT2D eigenvalue weighted by molar-refractivity contribution is 6.26. The maximum absolute atomic E-state index is 5.67. The Kier molecular flexibility index (Phi) is 13.0. The molecule has 6 aromatic heterocycles. The van der Waals surface area contributed by atoms with E-state index in [2.05, 4.69) is 376 Å². The molecule has 105 heavy (non-hydrogen) atoms. The number of nitrogens with zero attached hydrogens (tertiary/aromatic N) is 8. The molecule has 0 fully saturated rings. The molecular weight excluding hydrogens is 1280 g/mol. The first kappa shape index (κ1) is 59.0. The van der Waals surface area contributed by atoms with Gasteiger partial charge in [0.25, 0.3) is 0 Å². The SMILES string of the molecule is CC(c1ccccc1)C1Cc2ccccc2-c2ccc3c4ccccc4n(-c4cccc(-c5nc(-c6cccc(-n7c8ccccc8c8cc9c(cc87)c7ccccc7n9-c7ccccc7)c6)nc(-c6cccc(-n7c8ccccc8c8ccc9c(c%10ccccc%10n9-c9ccccc9)c87)c6)n5)c4)c3c21. The molecule has 0 amide bonds. The van der Waals surface area contributed by atoms with E-state index >= 15 is 0 Å². The number of benzene rings is 15. The van der Waals surface area contributed by atoms with Gasteiger partial charge in [-0.2, -0.15) is 0 Å². The maximum Gasteiger partial charge on any atom is 0.164 e. The van der Waals surface area contributed by atoms with Crippen molar-refractivity contribution in [1.29, 1.82) is 0 Å². The molecule has 6 heterocycles. The van der Waals surface area contributed by atoms with Crippen molar-refractivity contribution < 1.29 is 0 Å². The second-order valence-corrected chi connectivity index (χ2v) is 28.2. The first-order valence-corrected chi connectivity index (χ1v) is 36.3. The van der Waals surface area contributed by atoms with Crippen molar-refractivity contribution in [2.75, 3.05) is 0 Å². The Morgan fingerprint density at radius 2 is 0.648 bits per heavy atom. The Labute approximate surface area is 604 Å². The van der Waals surface area contributed by atoms with Crippen molar-refractivity contribution in [3.8, 4) is 73.7 Å². The second kappa shape index (κ2) is 23.2. The molecule has 0 N–H and O–H groups in total. The standard InChI is InChI=1S/C97H64N8/c1-60(61-26-5-2-6-27-61)80-57-62-28-11-12-39-71(62)76-50-51-77-72-40-13-20-47-85(72)104(93(77)91(76)80)69-37-24-30-64(55-69)96-98-95(63-29-23-36-68(54-63)103-84-46-19-16-43-75(84)82-58-89-81(59-90(82)103)74-42-15-18-45-83(74)102(89)67-34-9-4-10-35-67)99-97(100-96)65-31-25-38-70(56-65)105-86-48-21-14-41-73(86)78-52-53-88-92(94(78)105)79-44-17-22-49-87(79)101(88)66-32-7-3-8-33-66/h2-56,58-60,80H,57H2,1H3. The highest BCUT2D eigenvalue weighted by atomic mass is 15.1. The lowest BCUT2D eigenvalue weighted by Gasteiger charge is -2.33. The van der Waals surface area contributed by atoms with Crippen LogP contribution in [0, 0.1) is 0 Å². The third-order valence-electron chi connectivity index (χ3n) is 22.6. The summed E-state index contributed by atoms with van der Waals surface area (Å²) in [5.41, 5.74) is 26.1. The molecule has 2 unspecified atom stereocenters. The van der Waals surface area contributed by atoms with Crippen molar-refractivity contribution in [3.05, 3.63) is 362 Å². The van der Waals surface area contributed by atoms with Crippen LogP contribution in [0.5, 0.6) is 0 Å². The molecule has 0 saturated carbocycles. The van der Waals surface area contributed by atoms with E-state index in [0.717, 1.165) is 95.7 Å². The topological polar surface area (TPSA) is 63.3 Å². The quantitative estimate of drug-likeness (QED) is 0.137. The zero-order valence-electron chi connectivity index (χ0n) is 57.3. The van der Waals surface area contributed by atoms with Crippen LogP contribution < -0.4 is 0 Å². The van der Waals surface area contributed by atoms with Gasteiger partial charge in [-0.05, 0) is 155 Å². The summed E-state index contributed by atoms with van der Waals surface area (Å²) in [4.78, 5) is 17.0. The van der Waals surface area contributed by atoms with Gasteiger partial charge in [-0.15, -0.1) is 0 Å². The molecule has 0 radical (unpaired) electrons. The largest absolute Gasteiger partial charge is 0.309 e. The van der Waals surface area contributed by atoms with Crippen molar-refractivity contribution >= 4 is 109 Å². The summed E-state index contributed by atoms with van der Waals surface area (Å²) in [6.07, 6.45) is 0.930. The Bertz CT molecular complexity index is 7150. The van der Waals surface area contributed by atoms with E-state index in [4.69, 9.17) is 15.0 Å². The monoisotopic (exact) mass is 1340 g/mol. The van der Waals surface area contributed by atoms with Gasteiger partial charge in [0.1, 0.15) is 0 Å².